The molecular formula is C14H11NO6S2. The number of fused-ring (bicyclic) bond motifs is 1. The summed E-state index contributed by atoms with van der Waals surface area (Å²) in [7, 11) is -2.80. The number of methoxy groups -OCH3 is 1. The van der Waals surface area contributed by atoms with Gasteiger partial charge in [0.25, 0.3) is 10.0 Å². The standard InChI is InChI=1S/C14H11NO6S2/c1-20-14(17)12-11(4-5-22-12)23(18,19)15-9-3-2-8-7-21-13(16)10(8)6-9/h2-6,15H,7H2,1H3. The molecular weight excluding hydrogens is 342 g/mol. The van der Waals surface area contributed by atoms with E-state index in [1.54, 1.807) is 6.07 Å². The number of sulfonamides is 1. The summed E-state index contributed by atoms with van der Waals surface area (Å²) in [5.41, 5.74) is 1.23. The molecule has 0 unspecified atom stereocenters. The molecule has 1 N–H and O–H groups in total. The van der Waals surface area contributed by atoms with Crippen LogP contribution in [-0.2, 0) is 26.1 Å². The Hall–Kier alpha value is -2.39. The van der Waals surface area contributed by atoms with Crippen LogP contribution in [0.25, 0.3) is 0 Å². The third kappa shape index (κ3) is 2.80. The third-order valence-electron chi connectivity index (χ3n) is 3.23. The Morgan fingerprint density at radius 1 is 1.35 bits per heavy atom. The SMILES string of the molecule is COC(=O)c1sccc1S(=O)(=O)Nc1ccc2c(c1)C(=O)OC2. The van der Waals surface area contributed by atoms with Gasteiger partial charge in [-0.3, -0.25) is 4.72 Å². The smallest absolute Gasteiger partial charge is 0.349 e. The summed E-state index contributed by atoms with van der Waals surface area (Å²) in [6.45, 7) is 0.179. The van der Waals surface area contributed by atoms with Gasteiger partial charge in [0, 0.05) is 11.3 Å². The van der Waals surface area contributed by atoms with Crippen molar-refractivity contribution < 1.29 is 27.5 Å². The minimum atomic E-state index is -3.98. The molecule has 0 amide bonds. The van der Waals surface area contributed by atoms with E-state index >= 15 is 0 Å². The molecule has 0 atom stereocenters. The zero-order valence-corrected chi connectivity index (χ0v) is 13.5. The summed E-state index contributed by atoms with van der Waals surface area (Å²) < 4.78 is 36.7. The average Bonchev–Trinajstić information content (AvgIpc) is 3.14. The Balaban J connectivity index is 1.94. The number of rotatable bonds is 4. The number of anilines is 1. The van der Waals surface area contributed by atoms with Crippen molar-refractivity contribution in [2.24, 2.45) is 0 Å². The van der Waals surface area contributed by atoms with E-state index < -0.39 is 22.0 Å². The summed E-state index contributed by atoms with van der Waals surface area (Å²) in [6, 6.07) is 5.88. The number of hydrogen-bond acceptors (Lipinski definition) is 7. The fourth-order valence-electron chi connectivity index (χ4n) is 2.14. The molecule has 0 saturated carbocycles. The van der Waals surface area contributed by atoms with E-state index in [1.165, 1.54) is 30.7 Å². The lowest BCUT2D eigenvalue weighted by molar-refractivity contribution is 0.0534. The van der Waals surface area contributed by atoms with Gasteiger partial charge in [0.05, 0.1) is 12.7 Å². The first kappa shape index (κ1) is 15.5. The number of carbonyl (C=O) groups excluding carboxylic acids is 2. The van der Waals surface area contributed by atoms with Crippen LogP contribution >= 0.6 is 11.3 Å². The van der Waals surface area contributed by atoms with Crippen molar-refractivity contribution in [3.05, 3.63) is 45.6 Å². The lowest BCUT2D eigenvalue weighted by Gasteiger charge is -2.09. The Morgan fingerprint density at radius 3 is 2.87 bits per heavy atom. The van der Waals surface area contributed by atoms with Gasteiger partial charge in [-0.15, -0.1) is 11.3 Å². The molecule has 0 spiro atoms. The second-order valence-electron chi connectivity index (χ2n) is 4.66. The van der Waals surface area contributed by atoms with E-state index in [2.05, 4.69) is 9.46 Å². The van der Waals surface area contributed by atoms with Crippen molar-refractivity contribution >= 4 is 39.0 Å². The molecule has 0 saturated heterocycles. The summed E-state index contributed by atoms with van der Waals surface area (Å²) in [5, 5.41) is 1.49. The maximum Gasteiger partial charge on any atom is 0.349 e. The summed E-state index contributed by atoms with van der Waals surface area (Å²) in [4.78, 5) is 23.0. The fourth-order valence-corrected chi connectivity index (χ4v) is 4.52. The topological polar surface area (TPSA) is 98.8 Å². The van der Waals surface area contributed by atoms with Gasteiger partial charge in [-0.1, -0.05) is 6.07 Å². The zero-order chi connectivity index (χ0) is 16.6. The molecule has 9 heteroatoms. The first-order valence-corrected chi connectivity index (χ1v) is 8.77. The lowest BCUT2D eigenvalue weighted by Crippen LogP contribution is -2.16. The normalized spacial score (nSPS) is 13.3. The van der Waals surface area contributed by atoms with Crippen molar-refractivity contribution in [1.82, 2.24) is 0 Å². The number of nitrogens with one attached hydrogen (secondary N) is 1. The van der Waals surface area contributed by atoms with Crippen LogP contribution in [-0.4, -0.2) is 27.5 Å². The molecule has 1 aliphatic heterocycles. The predicted octanol–water partition coefficient (Wildman–Crippen LogP) is 2.01. The van der Waals surface area contributed by atoms with Crippen LogP contribution in [0.1, 0.15) is 25.6 Å². The molecule has 120 valence electrons. The van der Waals surface area contributed by atoms with E-state index in [0.29, 0.717) is 11.1 Å². The van der Waals surface area contributed by atoms with Crippen molar-refractivity contribution in [3.8, 4) is 0 Å². The number of esters is 2. The molecule has 2 aromatic rings. The van der Waals surface area contributed by atoms with E-state index in [0.717, 1.165) is 11.3 Å². The molecule has 23 heavy (non-hydrogen) atoms. The highest BCUT2D eigenvalue weighted by Gasteiger charge is 2.26. The van der Waals surface area contributed by atoms with E-state index in [9.17, 15) is 18.0 Å². The predicted molar refractivity (Wildman–Crippen MR) is 82.0 cm³/mol. The molecule has 1 aromatic carbocycles. The second kappa shape index (κ2) is 5.67. The quantitative estimate of drug-likeness (QED) is 0.844. The first-order valence-electron chi connectivity index (χ1n) is 6.41. The Bertz CT molecular complexity index is 900. The number of ether oxygens (including phenoxy) is 2. The zero-order valence-electron chi connectivity index (χ0n) is 11.9. The molecule has 0 bridgehead atoms. The van der Waals surface area contributed by atoms with Crippen LogP contribution < -0.4 is 4.72 Å². The molecule has 1 aromatic heterocycles. The van der Waals surface area contributed by atoms with Gasteiger partial charge in [0.1, 0.15) is 16.4 Å². The van der Waals surface area contributed by atoms with Gasteiger partial charge in [-0.05, 0) is 23.6 Å². The van der Waals surface area contributed by atoms with E-state index in [4.69, 9.17) is 4.74 Å². The van der Waals surface area contributed by atoms with Gasteiger partial charge in [-0.2, -0.15) is 0 Å². The van der Waals surface area contributed by atoms with Crippen LogP contribution in [0, 0.1) is 0 Å². The largest absolute Gasteiger partial charge is 0.465 e. The number of carbonyl (C=O) groups is 2. The molecule has 3 rings (SSSR count). The van der Waals surface area contributed by atoms with Gasteiger partial charge in [-0.25, -0.2) is 18.0 Å². The monoisotopic (exact) mass is 353 g/mol. The van der Waals surface area contributed by atoms with Crippen LogP contribution in [0.5, 0.6) is 0 Å². The van der Waals surface area contributed by atoms with E-state index in [-0.39, 0.29) is 22.1 Å². The highest BCUT2D eigenvalue weighted by atomic mass is 32.2. The average molecular weight is 353 g/mol. The maximum absolute atomic E-state index is 12.5. The van der Waals surface area contributed by atoms with Crippen molar-refractivity contribution in [1.29, 1.82) is 0 Å². The summed E-state index contributed by atoms with van der Waals surface area (Å²) >= 11 is 0.972. The minimum Gasteiger partial charge on any atom is -0.465 e. The Morgan fingerprint density at radius 2 is 2.13 bits per heavy atom. The van der Waals surface area contributed by atoms with Crippen LogP contribution in [0.2, 0.25) is 0 Å². The Kier molecular flexibility index (Phi) is 3.82. The van der Waals surface area contributed by atoms with Crippen LogP contribution in [0.4, 0.5) is 5.69 Å². The van der Waals surface area contributed by atoms with Gasteiger partial charge < -0.3 is 9.47 Å². The van der Waals surface area contributed by atoms with Gasteiger partial charge in [0.2, 0.25) is 0 Å². The minimum absolute atomic E-state index is 0.0134. The number of benzene rings is 1. The van der Waals surface area contributed by atoms with Crippen molar-refractivity contribution in [3.63, 3.8) is 0 Å². The fraction of sp³-hybridized carbons (Fsp3) is 0.143. The molecule has 7 nitrogen and oxygen atoms in total. The summed E-state index contributed by atoms with van der Waals surface area (Å²) in [5.74, 6) is -1.22. The van der Waals surface area contributed by atoms with Crippen molar-refractivity contribution in [2.75, 3.05) is 11.8 Å². The second-order valence-corrected chi connectivity index (χ2v) is 7.23. The van der Waals surface area contributed by atoms with Crippen molar-refractivity contribution in [2.45, 2.75) is 11.5 Å². The highest BCUT2D eigenvalue weighted by molar-refractivity contribution is 7.93. The molecule has 0 radical (unpaired) electrons. The number of thiophene rings is 1. The molecule has 0 fully saturated rings. The maximum atomic E-state index is 12.5. The molecule has 1 aliphatic rings. The first-order chi connectivity index (χ1) is 10.9. The summed E-state index contributed by atoms with van der Waals surface area (Å²) in [6.07, 6.45) is 0. The lowest BCUT2D eigenvalue weighted by atomic mass is 10.1. The van der Waals surface area contributed by atoms with Crippen LogP contribution in [0.3, 0.4) is 0 Å². The van der Waals surface area contributed by atoms with E-state index in [1.807, 2.05) is 0 Å². The molecule has 2 heterocycles. The third-order valence-corrected chi connectivity index (χ3v) is 5.68. The highest BCUT2D eigenvalue weighted by Crippen LogP contribution is 2.27. The van der Waals surface area contributed by atoms with Gasteiger partial charge in [0.15, 0.2) is 0 Å². The number of cyclic esters (lactones) is 1. The Labute approximate surface area is 135 Å². The number of hydrogen-bond donors (Lipinski definition) is 1. The molecule has 0 aliphatic carbocycles. The van der Waals surface area contributed by atoms with Crippen LogP contribution in [0.15, 0.2) is 34.5 Å². The van der Waals surface area contributed by atoms with Gasteiger partial charge >= 0.3 is 11.9 Å².